The number of benzene rings is 1. The lowest BCUT2D eigenvalue weighted by Gasteiger charge is -2.20. The van der Waals surface area contributed by atoms with Crippen LogP contribution in [0, 0.1) is 0 Å². The van der Waals surface area contributed by atoms with Crippen molar-refractivity contribution in [1.29, 1.82) is 0 Å². The number of hydrogen-bond acceptors (Lipinski definition) is 2. The molecule has 152 valence electrons. The van der Waals surface area contributed by atoms with E-state index in [2.05, 4.69) is 25.7 Å². The zero-order chi connectivity index (χ0) is 21.2. The molecule has 27 heavy (non-hydrogen) atoms. The number of nitrogens with one attached hydrogen (secondary N) is 1. The second-order valence-electron chi connectivity index (χ2n) is 5.68. The Morgan fingerprint density at radius 1 is 1.11 bits per heavy atom. The molecule has 0 aliphatic carbocycles. The van der Waals surface area contributed by atoms with Crippen molar-refractivity contribution >= 4 is 11.8 Å². The second kappa shape index (κ2) is 17.1. The minimum atomic E-state index is -0.348. The Kier molecular flexibility index (Phi) is 17.0. The van der Waals surface area contributed by atoms with Gasteiger partial charge in [-0.1, -0.05) is 84.0 Å². The van der Waals surface area contributed by atoms with Gasteiger partial charge in [-0.15, -0.1) is 0 Å². The van der Waals surface area contributed by atoms with Gasteiger partial charge in [-0.05, 0) is 25.3 Å². The number of rotatable bonds is 7. The van der Waals surface area contributed by atoms with E-state index in [0.717, 1.165) is 12.0 Å². The van der Waals surface area contributed by atoms with Crippen molar-refractivity contribution in [1.82, 2.24) is 10.2 Å². The van der Waals surface area contributed by atoms with Gasteiger partial charge in [-0.3, -0.25) is 9.59 Å². The molecule has 0 aliphatic rings. The summed E-state index contributed by atoms with van der Waals surface area (Å²) in [7, 11) is 1.63. The first-order valence-electron chi connectivity index (χ1n) is 9.86. The van der Waals surface area contributed by atoms with Crippen LogP contribution in [-0.4, -0.2) is 30.3 Å². The molecule has 0 spiro atoms. The molecular weight excluding hydrogens is 336 g/mol. The highest BCUT2D eigenvalue weighted by Gasteiger charge is 2.21. The lowest BCUT2D eigenvalue weighted by molar-refractivity contribution is -0.128. The first-order chi connectivity index (χ1) is 12.9. The maximum atomic E-state index is 12.3. The third kappa shape index (κ3) is 11.1. The van der Waals surface area contributed by atoms with Gasteiger partial charge in [0.2, 0.25) is 0 Å². The van der Waals surface area contributed by atoms with Gasteiger partial charge in [0.25, 0.3) is 11.8 Å². The van der Waals surface area contributed by atoms with Crippen molar-refractivity contribution in [3.8, 4) is 0 Å². The Balaban J connectivity index is 0. The summed E-state index contributed by atoms with van der Waals surface area (Å²) in [5.74, 6) is -0.675. The predicted molar refractivity (Wildman–Crippen MR) is 116 cm³/mol. The number of hydrogen-bond donors (Lipinski definition) is 1. The van der Waals surface area contributed by atoms with E-state index in [1.807, 2.05) is 51.1 Å². The van der Waals surface area contributed by atoms with Crippen molar-refractivity contribution in [2.75, 3.05) is 13.6 Å². The molecule has 1 aromatic carbocycles. The molecule has 0 atom stereocenters. The van der Waals surface area contributed by atoms with E-state index in [4.69, 9.17) is 0 Å². The third-order valence-corrected chi connectivity index (χ3v) is 3.49. The summed E-state index contributed by atoms with van der Waals surface area (Å²) in [6.45, 7) is 16.2. The van der Waals surface area contributed by atoms with Crippen LogP contribution in [0.25, 0.3) is 0 Å². The Bertz CT molecular complexity index is 577. The summed E-state index contributed by atoms with van der Waals surface area (Å²) in [6.07, 6.45) is 4.18. The van der Waals surface area contributed by atoms with E-state index < -0.39 is 0 Å². The molecule has 4 nitrogen and oxygen atoms in total. The van der Waals surface area contributed by atoms with Crippen LogP contribution in [0.5, 0.6) is 0 Å². The van der Waals surface area contributed by atoms with Crippen molar-refractivity contribution in [2.24, 2.45) is 0 Å². The fraction of sp³-hybridized carbons (Fsp3) is 0.478. The molecule has 0 saturated heterocycles. The lowest BCUT2D eigenvalue weighted by Crippen LogP contribution is -2.36. The first-order valence-corrected chi connectivity index (χ1v) is 9.86. The highest BCUT2D eigenvalue weighted by atomic mass is 16.2. The largest absolute Gasteiger partial charge is 0.352 e. The molecule has 0 aliphatic heterocycles. The average molecular weight is 375 g/mol. The minimum Gasteiger partial charge on any atom is -0.352 e. The van der Waals surface area contributed by atoms with E-state index in [-0.39, 0.29) is 17.4 Å². The maximum absolute atomic E-state index is 12.3. The van der Waals surface area contributed by atoms with Gasteiger partial charge in [0, 0.05) is 19.3 Å². The van der Waals surface area contributed by atoms with Crippen LogP contribution >= 0.6 is 0 Å². The molecular formula is C23H38N2O2. The summed E-state index contributed by atoms with van der Waals surface area (Å²) in [6, 6.07) is 9.89. The molecule has 0 aromatic heterocycles. The van der Waals surface area contributed by atoms with E-state index in [0.29, 0.717) is 18.7 Å². The Labute approximate surface area is 166 Å². The topological polar surface area (TPSA) is 49.4 Å². The number of nitrogens with zero attached hydrogens (tertiary/aromatic N) is 1. The Morgan fingerprint density at radius 2 is 1.63 bits per heavy atom. The normalized spacial score (nSPS) is 9.81. The van der Waals surface area contributed by atoms with Crippen LogP contribution in [-0.2, 0) is 16.0 Å². The van der Waals surface area contributed by atoms with Crippen molar-refractivity contribution < 1.29 is 9.59 Å². The summed E-state index contributed by atoms with van der Waals surface area (Å²) >= 11 is 0. The number of carbonyl (C=O) groups is 2. The van der Waals surface area contributed by atoms with Crippen LogP contribution in [0.15, 0.2) is 54.3 Å². The quantitative estimate of drug-likeness (QED) is 0.409. The molecule has 1 N–H and O–H groups in total. The number of carbonyl (C=O) groups excluding carboxylic acids is 2. The van der Waals surface area contributed by atoms with E-state index >= 15 is 0 Å². The van der Waals surface area contributed by atoms with Crippen molar-refractivity contribution in [2.45, 2.75) is 60.8 Å². The fourth-order valence-electron chi connectivity index (χ4n) is 1.97. The molecule has 0 radical (unpaired) electrons. The molecule has 0 heterocycles. The van der Waals surface area contributed by atoms with Gasteiger partial charge in [0.1, 0.15) is 5.57 Å². The van der Waals surface area contributed by atoms with Gasteiger partial charge >= 0.3 is 0 Å². The van der Waals surface area contributed by atoms with Crippen LogP contribution < -0.4 is 5.32 Å². The minimum absolute atomic E-state index is 0.144. The SMILES string of the molecule is C=C(CC)N(C)C(=O)/C(=C\C)C(=O)NCCc1ccccc1.CC.CCC. The zero-order valence-corrected chi connectivity index (χ0v) is 18.3. The molecule has 0 fully saturated rings. The molecule has 4 heteroatoms. The predicted octanol–water partition coefficient (Wildman–Crippen LogP) is 5.12. The number of amides is 2. The van der Waals surface area contributed by atoms with E-state index in [1.165, 1.54) is 11.3 Å². The third-order valence-electron chi connectivity index (χ3n) is 3.49. The van der Waals surface area contributed by atoms with Crippen LogP contribution in [0.4, 0.5) is 0 Å². The summed E-state index contributed by atoms with van der Waals surface area (Å²) in [5.41, 5.74) is 1.97. The summed E-state index contributed by atoms with van der Waals surface area (Å²) < 4.78 is 0. The summed E-state index contributed by atoms with van der Waals surface area (Å²) in [5, 5.41) is 2.79. The van der Waals surface area contributed by atoms with Gasteiger partial charge in [0.05, 0.1) is 0 Å². The highest BCUT2D eigenvalue weighted by Crippen LogP contribution is 2.09. The van der Waals surface area contributed by atoms with Gasteiger partial charge in [-0.2, -0.15) is 0 Å². The smallest absolute Gasteiger partial charge is 0.262 e. The molecule has 1 aromatic rings. The first kappa shape index (κ1) is 26.9. The Morgan fingerprint density at radius 3 is 2.07 bits per heavy atom. The average Bonchev–Trinajstić information content (AvgIpc) is 2.70. The van der Waals surface area contributed by atoms with Crippen LogP contribution in [0.3, 0.4) is 0 Å². The molecule has 2 amide bonds. The molecule has 0 bridgehead atoms. The number of allylic oxidation sites excluding steroid dienone is 2. The van der Waals surface area contributed by atoms with Crippen molar-refractivity contribution in [3.05, 3.63) is 59.8 Å². The number of likely N-dealkylation sites (N-methyl/N-ethyl adjacent to an activating group) is 1. The molecule has 0 unspecified atom stereocenters. The van der Waals surface area contributed by atoms with Crippen LogP contribution in [0.2, 0.25) is 0 Å². The lowest BCUT2D eigenvalue weighted by atomic mass is 10.1. The molecule has 0 saturated carbocycles. The fourth-order valence-corrected chi connectivity index (χ4v) is 1.97. The second-order valence-corrected chi connectivity index (χ2v) is 5.68. The maximum Gasteiger partial charge on any atom is 0.262 e. The Hall–Kier alpha value is -2.36. The monoisotopic (exact) mass is 374 g/mol. The van der Waals surface area contributed by atoms with Gasteiger partial charge in [-0.25, -0.2) is 0 Å². The summed E-state index contributed by atoms with van der Waals surface area (Å²) in [4.78, 5) is 25.9. The van der Waals surface area contributed by atoms with E-state index in [1.54, 1.807) is 20.0 Å². The van der Waals surface area contributed by atoms with E-state index in [9.17, 15) is 9.59 Å². The van der Waals surface area contributed by atoms with Crippen molar-refractivity contribution in [3.63, 3.8) is 0 Å². The van der Waals surface area contributed by atoms with Gasteiger partial charge < -0.3 is 10.2 Å². The molecule has 1 rings (SSSR count). The van der Waals surface area contributed by atoms with Crippen LogP contribution in [0.1, 0.15) is 59.9 Å². The standard InChI is InChI=1S/C18H24N2O2.C3H8.C2H6/c1-5-14(3)20(4)18(22)16(6-2)17(21)19-13-12-15-10-8-7-9-11-15;1-3-2;1-2/h6-11H,3,5,12-13H2,1-2,4H3,(H,19,21);3H2,1-2H3;1-2H3/b16-6-;;. The van der Waals surface area contributed by atoms with Gasteiger partial charge in [0.15, 0.2) is 0 Å². The zero-order valence-electron chi connectivity index (χ0n) is 18.3. The highest BCUT2D eigenvalue weighted by molar-refractivity contribution is 6.18.